The molecule has 1 aromatic rings. The predicted molar refractivity (Wildman–Crippen MR) is 50.8 cm³/mol. The van der Waals surface area contributed by atoms with Gasteiger partial charge >= 0.3 is 0 Å². The van der Waals surface area contributed by atoms with Gasteiger partial charge in [0.2, 0.25) is 0 Å². The van der Waals surface area contributed by atoms with Crippen LogP contribution in [0.4, 0.5) is 8.78 Å². The number of thiophene rings is 1. The van der Waals surface area contributed by atoms with Crippen molar-refractivity contribution in [1.82, 2.24) is 0 Å². The van der Waals surface area contributed by atoms with Gasteiger partial charge in [-0.1, -0.05) is 13.8 Å². The first-order valence-electron chi connectivity index (χ1n) is 3.57. The summed E-state index contributed by atoms with van der Waals surface area (Å²) in [5.41, 5.74) is 0. The van der Waals surface area contributed by atoms with Crippen molar-refractivity contribution < 1.29 is 8.78 Å². The highest BCUT2D eigenvalue weighted by Gasteiger charge is 2.36. The zero-order chi connectivity index (χ0) is 9.35. The maximum atomic E-state index is 13.3. The van der Waals surface area contributed by atoms with E-state index >= 15 is 0 Å². The van der Waals surface area contributed by atoms with Crippen LogP contribution in [0.15, 0.2) is 15.9 Å². The van der Waals surface area contributed by atoms with Gasteiger partial charge in [0.15, 0.2) is 0 Å². The average molecular weight is 255 g/mol. The Morgan fingerprint density at radius 3 is 2.42 bits per heavy atom. The van der Waals surface area contributed by atoms with Crippen molar-refractivity contribution in [1.29, 1.82) is 0 Å². The van der Waals surface area contributed by atoms with Crippen LogP contribution in [0, 0.1) is 5.92 Å². The van der Waals surface area contributed by atoms with Crippen LogP contribution in [0.25, 0.3) is 0 Å². The van der Waals surface area contributed by atoms with E-state index in [0.29, 0.717) is 0 Å². The SMILES string of the molecule is CC(C)C(F)(F)c1cc(Br)cs1. The molecule has 0 aromatic carbocycles. The van der Waals surface area contributed by atoms with E-state index in [2.05, 4.69) is 15.9 Å². The van der Waals surface area contributed by atoms with Gasteiger partial charge in [0.25, 0.3) is 5.92 Å². The van der Waals surface area contributed by atoms with E-state index < -0.39 is 11.8 Å². The fourth-order valence-corrected chi connectivity index (χ4v) is 2.33. The summed E-state index contributed by atoms with van der Waals surface area (Å²) >= 11 is 4.24. The fourth-order valence-electron chi connectivity index (χ4n) is 0.772. The maximum absolute atomic E-state index is 13.3. The van der Waals surface area contributed by atoms with Crippen molar-refractivity contribution in [2.75, 3.05) is 0 Å². The number of alkyl halides is 2. The second-order valence-electron chi connectivity index (χ2n) is 2.91. The second kappa shape index (κ2) is 3.42. The molecule has 0 radical (unpaired) electrons. The predicted octanol–water partition coefficient (Wildman–Crippen LogP) is 4.26. The van der Waals surface area contributed by atoms with Crippen molar-refractivity contribution in [2.24, 2.45) is 5.92 Å². The lowest BCUT2D eigenvalue weighted by molar-refractivity contribution is -0.0478. The Labute approximate surface area is 82.7 Å². The van der Waals surface area contributed by atoms with Crippen molar-refractivity contribution in [2.45, 2.75) is 19.8 Å². The normalized spacial score (nSPS) is 12.5. The summed E-state index contributed by atoms with van der Waals surface area (Å²) in [6.07, 6.45) is 0. The molecule has 0 aliphatic carbocycles. The van der Waals surface area contributed by atoms with Crippen LogP contribution < -0.4 is 0 Å². The van der Waals surface area contributed by atoms with Gasteiger partial charge in [-0.2, -0.15) is 0 Å². The van der Waals surface area contributed by atoms with E-state index in [1.54, 1.807) is 5.38 Å². The van der Waals surface area contributed by atoms with Crippen molar-refractivity contribution >= 4 is 27.3 Å². The molecule has 0 aliphatic heterocycles. The highest BCUT2D eigenvalue weighted by Crippen LogP contribution is 2.39. The molecule has 0 unspecified atom stereocenters. The smallest absolute Gasteiger partial charge is 0.200 e. The monoisotopic (exact) mass is 254 g/mol. The van der Waals surface area contributed by atoms with Crippen LogP contribution in [-0.4, -0.2) is 0 Å². The van der Waals surface area contributed by atoms with E-state index in [4.69, 9.17) is 0 Å². The Hall–Kier alpha value is 0.0400. The summed E-state index contributed by atoms with van der Waals surface area (Å²) in [4.78, 5) is 0.129. The van der Waals surface area contributed by atoms with Gasteiger partial charge in [-0.3, -0.25) is 0 Å². The third-order valence-corrected chi connectivity index (χ3v) is 3.40. The topological polar surface area (TPSA) is 0 Å². The lowest BCUT2D eigenvalue weighted by Gasteiger charge is -2.18. The first-order chi connectivity index (χ1) is 5.44. The molecular formula is C8H9BrF2S. The molecule has 0 saturated heterocycles. The molecule has 68 valence electrons. The molecule has 0 aliphatic rings. The van der Waals surface area contributed by atoms with Gasteiger partial charge < -0.3 is 0 Å². The standard InChI is InChI=1S/C8H9BrF2S/c1-5(2)8(10,11)7-3-6(9)4-12-7/h3-5H,1-2H3. The van der Waals surface area contributed by atoms with E-state index in [1.165, 1.54) is 19.9 Å². The summed E-state index contributed by atoms with van der Waals surface area (Å²) in [7, 11) is 0. The first kappa shape index (κ1) is 10.1. The largest absolute Gasteiger partial charge is 0.284 e. The van der Waals surface area contributed by atoms with Crippen LogP contribution in [0.1, 0.15) is 18.7 Å². The molecule has 0 nitrogen and oxygen atoms in total. The van der Waals surface area contributed by atoms with Gasteiger partial charge in [0.05, 0.1) is 4.88 Å². The van der Waals surface area contributed by atoms with Crippen molar-refractivity contribution in [3.63, 3.8) is 0 Å². The summed E-state index contributed by atoms with van der Waals surface area (Å²) in [6, 6.07) is 1.48. The van der Waals surface area contributed by atoms with Gasteiger partial charge in [-0.25, -0.2) is 8.78 Å². The average Bonchev–Trinajstić information content (AvgIpc) is 2.35. The third kappa shape index (κ3) is 1.85. The zero-order valence-electron chi connectivity index (χ0n) is 6.77. The molecule has 1 rings (SSSR count). The molecule has 12 heavy (non-hydrogen) atoms. The van der Waals surface area contributed by atoms with Gasteiger partial charge in [0.1, 0.15) is 0 Å². The third-order valence-electron chi connectivity index (χ3n) is 1.62. The van der Waals surface area contributed by atoms with E-state index in [-0.39, 0.29) is 4.88 Å². The second-order valence-corrected chi connectivity index (χ2v) is 4.73. The summed E-state index contributed by atoms with van der Waals surface area (Å²) in [5, 5.41) is 1.67. The highest BCUT2D eigenvalue weighted by molar-refractivity contribution is 9.10. The number of hydrogen-bond donors (Lipinski definition) is 0. The maximum Gasteiger partial charge on any atom is 0.284 e. The lowest BCUT2D eigenvalue weighted by atomic mass is 10.1. The fraction of sp³-hybridized carbons (Fsp3) is 0.500. The molecule has 0 atom stereocenters. The molecule has 0 saturated carbocycles. The minimum absolute atomic E-state index is 0.129. The van der Waals surface area contributed by atoms with Crippen molar-refractivity contribution in [3.05, 3.63) is 20.8 Å². The Balaban J connectivity index is 2.97. The number of halogens is 3. The van der Waals surface area contributed by atoms with E-state index in [9.17, 15) is 8.78 Å². The highest BCUT2D eigenvalue weighted by atomic mass is 79.9. The molecule has 0 spiro atoms. The molecule has 0 amide bonds. The van der Waals surface area contributed by atoms with Crippen LogP contribution in [0.3, 0.4) is 0 Å². The minimum Gasteiger partial charge on any atom is -0.200 e. The molecule has 4 heteroatoms. The summed E-state index contributed by atoms with van der Waals surface area (Å²) < 4.78 is 27.3. The molecule has 1 aromatic heterocycles. The number of rotatable bonds is 2. The zero-order valence-corrected chi connectivity index (χ0v) is 9.18. The Kier molecular flexibility index (Phi) is 2.88. The van der Waals surface area contributed by atoms with Crippen molar-refractivity contribution in [3.8, 4) is 0 Å². The molecule has 0 bridgehead atoms. The Morgan fingerprint density at radius 2 is 2.08 bits per heavy atom. The van der Waals surface area contributed by atoms with Crippen LogP contribution in [0.5, 0.6) is 0 Å². The summed E-state index contributed by atoms with van der Waals surface area (Å²) in [5.74, 6) is -3.35. The number of hydrogen-bond acceptors (Lipinski definition) is 1. The van der Waals surface area contributed by atoms with E-state index in [1.807, 2.05) is 0 Å². The van der Waals surface area contributed by atoms with Gasteiger partial charge in [0, 0.05) is 15.8 Å². The van der Waals surface area contributed by atoms with Gasteiger partial charge in [-0.05, 0) is 22.0 Å². The Bertz CT molecular complexity index is 268. The summed E-state index contributed by atoms with van der Waals surface area (Å²) in [6.45, 7) is 3.04. The molecule has 0 N–H and O–H groups in total. The minimum atomic E-state index is -2.70. The quantitative estimate of drug-likeness (QED) is 0.740. The van der Waals surface area contributed by atoms with Crippen LogP contribution in [0.2, 0.25) is 0 Å². The molecule has 0 fully saturated rings. The Morgan fingerprint density at radius 1 is 1.50 bits per heavy atom. The molecular weight excluding hydrogens is 246 g/mol. The van der Waals surface area contributed by atoms with Crippen LogP contribution in [-0.2, 0) is 5.92 Å². The van der Waals surface area contributed by atoms with Gasteiger partial charge in [-0.15, -0.1) is 11.3 Å². The first-order valence-corrected chi connectivity index (χ1v) is 5.24. The lowest BCUT2D eigenvalue weighted by Crippen LogP contribution is -2.19. The van der Waals surface area contributed by atoms with Crippen LogP contribution >= 0.6 is 27.3 Å². The molecule has 1 heterocycles. The van der Waals surface area contributed by atoms with E-state index in [0.717, 1.165) is 15.8 Å².